The molecule has 0 unspecified atom stereocenters. The van der Waals surface area contributed by atoms with E-state index in [1.807, 2.05) is 11.0 Å². The Morgan fingerprint density at radius 2 is 1.88 bits per heavy atom. The number of allylic oxidation sites excluding steroid dienone is 2. The predicted molar refractivity (Wildman–Crippen MR) is 120 cm³/mol. The molecule has 0 radical (unpaired) electrons. The molecule has 1 fully saturated rings. The summed E-state index contributed by atoms with van der Waals surface area (Å²) in [5, 5.41) is 5.72. The third-order valence-electron chi connectivity index (χ3n) is 5.34. The summed E-state index contributed by atoms with van der Waals surface area (Å²) >= 11 is 12.2. The quantitative estimate of drug-likeness (QED) is 0.567. The Kier molecular flexibility index (Phi) is 7.95. The lowest BCUT2D eigenvalue weighted by atomic mass is 10.1. The van der Waals surface area contributed by atoms with Gasteiger partial charge in [-0.2, -0.15) is 5.10 Å². The normalized spacial score (nSPS) is 17.1. The van der Waals surface area contributed by atoms with Gasteiger partial charge in [0, 0.05) is 49.0 Å². The average Bonchev–Trinajstić information content (AvgIpc) is 2.77. The third-order valence-corrected chi connectivity index (χ3v) is 6.08. The van der Waals surface area contributed by atoms with Crippen LogP contribution in [0.1, 0.15) is 30.6 Å². The Balaban J connectivity index is 1.62. The van der Waals surface area contributed by atoms with Gasteiger partial charge in [-0.25, -0.2) is 13.6 Å². The lowest BCUT2D eigenvalue weighted by Crippen LogP contribution is -2.51. The Morgan fingerprint density at radius 1 is 1.19 bits per heavy atom. The summed E-state index contributed by atoms with van der Waals surface area (Å²) < 4.78 is 31.2. The zero-order chi connectivity index (χ0) is 23.4. The van der Waals surface area contributed by atoms with Gasteiger partial charge in [0.2, 0.25) is 5.91 Å². The number of esters is 1. The molecule has 3 rings (SSSR count). The molecule has 11 heteroatoms. The molecule has 1 aromatic carbocycles. The molecule has 0 spiro atoms. The van der Waals surface area contributed by atoms with Crippen molar-refractivity contribution in [2.75, 3.05) is 44.2 Å². The van der Waals surface area contributed by atoms with Crippen LogP contribution in [0, 0.1) is 0 Å². The second kappa shape index (κ2) is 10.5. The van der Waals surface area contributed by atoms with Crippen molar-refractivity contribution in [3.63, 3.8) is 0 Å². The lowest BCUT2D eigenvalue weighted by Gasteiger charge is -2.37. The van der Waals surface area contributed by atoms with Gasteiger partial charge in [0.05, 0.1) is 17.2 Å². The molecular weight excluding hydrogens is 465 g/mol. The van der Waals surface area contributed by atoms with Crippen LogP contribution < -0.4 is 4.90 Å². The van der Waals surface area contributed by atoms with E-state index in [0.717, 1.165) is 5.69 Å². The number of anilines is 1. The number of halogens is 4. The lowest BCUT2D eigenvalue weighted by molar-refractivity contribution is -0.132. The van der Waals surface area contributed by atoms with Gasteiger partial charge in [0.1, 0.15) is 12.3 Å². The number of rotatable bonds is 6. The molecular formula is C21H24Cl2F2N4O3. The molecule has 2 aliphatic rings. The van der Waals surface area contributed by atoms with Crippen LogP contribution in [-0.4, -0.2) is 73.3 Å². The summed E-state index contributed by atoms with van der Waals surface area (Å²) in [6.45, 7) is 5.42. The van der Waals surface area contributed by atoms with E-state index in [1.165, 1.54) is 5.01 Å². The molecule has 2 aliphatic heterocycles. The molecule has 0 aliphatic carbocycles. The highest BCUT2D eigenvalue weighted by Crippen LogP contribution is 2.27. The highest BCUT2D eigenvalue weighted by molar-refractivity contribution is 6.33. The number of carbonyl (C=O) groups is 2. The van der Waals surface area contributed by atoms with Crippen LogP contribution in [0.2, 0.25) is 5.02 Å². The first-order valence-corrected chi connectivity index (χ1v) is 10.9. The summed E-state index contributed by atoms with van der Waals surface area (Å²) in [6, 6.07) is 5.14. The monoisotopic (exact) mass is 488 g/mol. The molecule has 0 bridgehead atoms. The summed E-state index contributed by atoms with van der Waals surface area (Å²) in [4.78, 5) is 28.6. The maximum atomic E-state index is 13.1. The molecule has 0 atom stereocenters. The van der Waals surface area contributed by atoms with Crippen molar-refractivity contribution < 1.29 is 23.1 Å². The summed E-state index contributed by atoms with van der Waals surface area (Å²) in [5.74, 6) is -0.712. The second-order valence-corrected chi connectivity index (χ2v) is 8.23. The van der Waals surface area contributed by atoms with Crippen molar-refractivity contribution in [1.82, 2.24) is 9.91 Å². The van der Waals surface area contributed by atoms with Crippen molar-refractivity contribution in [2.45, 2.75) is 26.7 Å². The fraction of sp³-hybridized carbons (Fsp3) is 0.476. The van der Waals surface area contributed by atoms with Gasteiger partial charge in [0.25, 0.3) is 6.43 Å². The van der Waals surface area contributed by atoms with Crippen LogP contribution in [0.5, 0.6) is 0 Å². The Bertz CT molecular complexity index is 947. The zero-order valence-corrected chi connectivity index (χ0v) is 19.3. The van der Waals surface area contributed by atoms with Crippen LogP contribution in [0.15, 0.2) is 34.0 Å². The van der Waals surface area contributed by atoms with Gasteiger partial charge in [0.15, 0.2) is 0 Å². The standard InChI is InChI=1S/C21H24Cl2F2N4O3/c1-3-32-21(31)15-10-14(4-5-16(15)22)27-6-8-28(9-7-27)19(30)12-29-13(2)17(23)11-18(26-29)20(24)25/h4-5,10,20H,3,6-9,11-12H2,1-2H3. The Labute approximate surface area is 195 Å². The molecule has 0 saturated carbocycles. The largest absolute Gasteiger partial charge is 0.462 e. The number of hydrogen-bond acceptors (Lipinski definition) is 6. The van der Waals surface area contributed by atoms with Crippen LogP contribution in [-0.2, 0) is 9.53 Å². The van der Waals surface area contributed by atoms with Crippen LogP contribution in [0.3, 0.4) is 0 Å². The van der Waals surface area contributed by atoms with Gasteiger partial charge in [-0.1, -0.05) is 23.2 Å². The molecule has 1 amide bonds. The van der Waals surface area contributed by atoms with Crippen molar-refractivity contribution in [3.8, 4) is 0 Å². The molecule has 1 saturated heterocycles. The second-order valence-electron chi connectivity index (χ2n) is 7.37. The topological polar surface area (TPSA) is 65.5 Å². The summed E-state index contributed by atoms with van der Waals surface area (Å²) in [7, 11) is 0. The SMILES string of the molecule is CCOC(=O)c1cc(N2CCN(C(=O)CN3N=C(C(F)F)CC(Cl)=C3C)CC2)ccc1Cl. The van der Waals surface area contributed by atoms with Crippen molar-refractivity contribution in [2.24, 2.45) is 5.10 Å². The molecule has 1 aromatic rings. The number of amides is 1. The predicted octanol–water partition coefficient (Wildman–Crippen LogP) is 3.96. The van der Waals surface area contributed by atoms with Crippen molar-refractivity contribution >= 4 is 46.5 Å². The first-order chi connectivity index (χ1) is 15.2. The number of hydrazone groups is 1. The Hall–Kier alpha value is -2.39. The van der Waals surface area contributed by atoms with E-state index in [0.29, 0.717) is 42.5 Å². The fourth-order valence-electron chi connectivity index (χ4n) is 3.48. The van der Waals surface area contributed by atoms with Gasteiger partial charge in [-0.15, -0.1) is 0 Å². The van der Waals surface area contributed by atoms with E-state index in [-0.39, 0.29) is 36.2 Å². The number of piperazine rings is 1. The van der Waals surface area contributed by atoms with E-state index in [4.69, 9.17) is 27.9 Å². The van der Waals surface area contributed by atoms with Crippen LogP contribution in [0.25, 0.3) is 0 Å². The molecule has 0 N–H and O–H groups in total. The fourth-order valence-corrected chi connectivity index (χ4v) is 3.91. The first kappa shape index (κ1) is 24.3. The van der Waals surface area contributed by atoms with Crippen LogP contribution >= 0.6 is 23.2 Å². The average molecular weight is 489 g/mol. The van der Waals surface area contributed by atoms with Gasteiger partial charge in [-0.3, -0.25) is 9.80 Å². The highest BCUT2D eigenvalue weighted by Gasteiger charge is 2.28. The minimum atomic E-state index is -2.73. The first-order valence-electron chi connectivity index (χ1n) is 10.2. The molecule has 7 nitrogen and oxygen atoms in total. The zero-order valence-electron chi connectivity index (χ0n) is 17.8. The molecule has 174 valence electrons. The number of hydrogen-bond donors (Lipinski definition) is 0. The highest BCUT2D eigenvalue weighted by atomic mass is 35.5. The van der Waals surface area contributed by atoms with E-state index < -0.39 is 12.4 Å². The molecule has 0 aromatic heterocycles. The number of ether oxygens (including phenoxy) is 1. The minimum Gasteiger partial charge on any atom is -0.462 e. The van der Waals surface area contributed by atoms with E-state index in [2.05, 4.69) is 5.10 Å². The van der Waals surface area contributed by atoms with Crippen molar-refractivity contribution in [3.05, 3.63) is 39.5 Å². The number of alkyl halides is 2. The van der Waals surface area contributed by atoms with Gasteiger partial charge in [-0.05, 0) is 32.0 Å². The number of carbonyl (C=O) groups excluding carboxylic acids is 2. The van der Waals surface area contributed by atoms with E-state index in [1.54, 1.807) is 30.9 Å². The number of nitrogens with zero attached hydrogens (tertiary/aromatic N) is 4. The maximum absolute atomic E-state index is 13.1. The molecule has 32 heavy (non-hydrogen) atoms. The third kappa shape index (κ3) is 5.50. The number of benzene rings is 1. The minimum absolute atomic E-state index is 0.108. The maximum Gasteiger partial charge on any atom is 0.339 e. The van der Waals surface area contributed by atoms with E-state index >= 15 is 0 Å². The van der Waals surface area contributed by atoms with Gasteiger partial charge >= 0.3 is 5.97 Å². The smallest absolute Gasteiger partial charge is 0.339 e. The Morgan fingerprint density at radius 3 is 2.50 bits per heavy atom. The van der Waals surface area contributed by atoms with Crippen molar-refractivity contribution in [1.29, 1.82) is 0 Å². The summed E-state index contributed by atoms with van der Waals surface area (Å²) in [5.41, 5.74) is 1.24. The molecule has 2 heterocycles. The summed E-state index contributed by atoms with van der Waals surface area (Å²) in [6.07, 6.45) is -2.83. The van der Waals surface area contributed by atoms with Crippen LogP contribution in [0.4, 0.5) is 14.5 Å². The van der Waals surface area contributed by atoms with E-state index in [9.17, 15) is 18.4 Å². The van der Waals surface area contributed by atoms with Gasteiger partial charge < -0.3 is 14.5 Å².